The van der Waals surface area contributed by atoms with Crippen molar-refractivity contribution in [3.63, 3.8) is 0 Å². The maximum atomic E-state index is 8.45. The van der Waals surface area contributed by atoms with E-state index in [0.29, 0.717) is 18.2 Å². The molecule has 15 heavy (non-hydrogen) atoms. The lowest BCUT2D eigenvalue weighted by Crippen LogP contribution is -2.33. The average molecular weight is 233 g/mol. The first-order valence-electron chi connectivity index (χ1n) is 5.27. The second-order valence-corrected chi connectivity index (χ2v) is 5.01. The predicted molar refractivity (Wildman–Crippen MR) is 67.7 cm³/mol. The number of nitrogens with two attached hydrogens (primary N) is 1. The average Bonchev–Trinajstić information content (AvgIpc) is 2.20. The van der Waals surface area contributed by atoms with Gasteiger partial charge in [0.05, 0.1) is 0 Å². The minimum Gasteiger partial charge on any atom is -0.409 e. The van der Waals surface area contributed by atoms with Crippen molar-refractivity contribution in [3.05, 3.63) is 0 Å². The molecule has 0 radical (unpaired) electrons. The van der Waals surface area contributed by atoms with Crippen molar-refractivity contribution < 1.29 is 5.21 Å². The van der Waals surface area contributed by atoms with Crippen molar-refractivity contribution in [2.24, 2.45) is 16.8 Å². The number of oxime groups is 1. The topological polar surface area (TPSA) is 61.8 Å². The molecule has 0 bridgehead atoms. The summed E-state index contributed by atoms with van der Waals surface area (Å²) < 4.78 is 0. The van der Waals surface area contributed by atoms with Crippen LogP contribution in [-0.2, 0) is 0 Å². The van der Waals surface area contributed by atoms with Crippen LogP contribution in [0.4, 0.5) is 0 Å². The monoisotopic (exact) mass is 233 g/mol. The highest BCUT2D eigenvalue weighted by Crippen LogP contribution is 2.02. The molecular formula is C10H23N3OS. The standard InChI is InChI=1S/C10H23N3OS/c1-9(2)8-13(6-7-15-3)5-4-10(11)12-14/h9,14H,4-8H2,1-3H3,(H2,11,12). The van der Waals surface area contributed by atoms with Crippen LogP contribution in [0.2, 0.25) is 0 Å². The van der Waals surface area contributed by atoms with Crippen LogP contribution in [-0.4, -0.2) is 47.6 Å². The number of thioether (sulfide) groups is 1. The van der Waals surface area contributed by atoms with Gasteiger partial charge < -0.3 is 15.8 Å². The summed E-state index contributed by atoms with van der Waals surface area (Å²) in [5, 5.41) is 11.4. The van der Waals surface area contributed by atoms with E-state index in [4.69, 9.17) is 10.9 Å². The fourth-order valence-corrected chi connectivity index (χ4v) is 1.79. The summed E-state index contributed by atoms with van der Waals surface area (Å²) in [6, 6.07) is 0. The molecule has 3 N–H and O–H groups in total. The van der Waals surface area contributed by atoms with Gasteiger partial charge in [-0.3, -0.25) is 0 Å². The van der Waals surface area contributed by atoms with Crippen molar-refractivity contribution in [1.82, 2.24) is 4.90 Å². The SMILES string of the molecule is CSCCN(CCC(N)=NO)CC(C)C. The van der Waals surface area contributed by atoms with Crippen molar-refractivity contribution in [2.45, 2.75) is 20.3 Å². The Kier molecular flexibility index (Phi) is 8.61. The summed E-state index contributed by atoms with van der Waals surface area (Å²) in [4.78, 5) is 2.36. The summed E-state index contributed by atoms with van der Waals surface area (Å²) >= 11 is 1.84. The molecule has 0 aromatic heterocycles. The van der Waals surface area contributed by atoms with Gasteiger partial charge in [0.2, 0.25) is 0 Å². The molecule has 0 heterocycles. The maximum Gasteiger partial charge on any atom is 0.140 e. The Hall–Kier alpha value is -0.420. The smallest absolute Gasteiger partial charge is 0.140 e. The Labute approximate surface area is 96.9 Å². The Morgan fingerprint density at radius 1 is 1.47 bits per heavy atom. The highest BCUT2D eigenvalue weighted by Gasteiger charge is 2.07. The first kappa shape index (κ1) is 14.6. The van der Waals surface area contributed by atoms with Gasteiger partial charge in [-0.25, -0.2) is 0 Å². The van der Waals surface area contributed by atoms with E-state index in [-0.39, 0.29) is 0 Å². The van der Waals surface area contributed by atoms with Gasteiger partial charge >= 0.3 is 0 Å². The van der Waals surface area contributed by atoms with Gasteiger partial charge in [0.1, 0.15) is 5.84 Å². The normalized spacial score (nSPS) is 12.7. The van der Waals surface area contributed by atoms with E-state index in [0.717, 1.165) is 25.4 Å². The Morgan fingerprint density at radius 3 is 2.60 bits per heavy atom. The van der Waals surface area contributed by atoms with Crippen LogP contribution in [0.3, 0.4) is 0 Å². The molecule has 0 saturated heterocycles. The molecule has 0 aliphatic carbocycles. The number of amidine groups is 1. The van der Waals surface area contributed by atoms with E-state index in [9.17, 15) is 0 Å². The van der Waals surface area contributed by atoms with Crippen LogP contribution in [0.1, 0.15) is 20.3 Å². The molecular weight excluding hydrogens is 210 g/mol. The molecule has 0 saturated carbocycles. The van der Waals surface area contributed by atoms with Gasteiger partial charge in [-0.05, 0) is 12.2 Å². The lowest BCUT2D eigenvalue weighted by atomic mass is 10.2. The highest BCUT2D eigenvalue weighted by molar-refractivity contribution is 7.98. The molecule has 0 amide bonds. The molecule has 0 rings (SSSR count). The molecule has 0 atom stereocenters. The third-order valence-electron chi connectivity index (χ3n) is 2.05. The maximum absolute atomic E-state index is 8.45. The second-order valence-electron chi connectivity index (χ2n) is 4.03. The molecule has 0 aromatic carbocycles. The molecule has 0 aromatic rings. The molecule has 0 aliphatic rings. The van der Waals surface area contributed by atoms with Gasteiger partial charge in [-0.2, -0.15) is 11.8 Å². The van der Waals surface area contributed by atoms with Crippen molar-refractivity contribution in [3.8, 4) is 0 Å². The molecule has 90 valence electrons. The summed E-state index contributed by atoms with van der Waals surface area (Å²) in [7, 11) is 0. The Morgan fingerprint density at radius 2 is 2.13 bits per heavy atom. The Bertz CT molecular complexity index is 186. The number of nitrogens with zero attached hydrogens (tertiary/aromatic N) is 2. The lowest BCUT2D eigenvalue weighted by Gasteiger charge is -2.23. The summed E-state index contributed by atoms with van der Waals surface area (Å²) in [6.07, 6.45) is 2.74. The zero-order valence-corrected chi connectivity index (χ0v) is 10.8. The molecule has 5 heteroatoms. The summed E-state index contributed by atoms with van der Waals surface area (Å²) in [6.45, 7) is 7.41. The fourth-order valence-electron chi connectivity index (χ4n) is 1.35. The van der Waals surface area contributed by atoms with E-state index < -0.39 is 0 Å². The van der Waals surface area contributed by atoms with Gasteiger partial charge in [0.25, 0.3) is 0 Å². The van der Waals surface area contributed by atoms with Crippen molar-refractivity contribution in [1.29, 1.82) is 0 Å². The third kappa shape index (κ3) is 8.57. The van der Waals surface area contributed by atoms with Crippen LogP contribution >= 0.6 is 11.8 Å². The minimum absolute atomic E-state index is 0.313. The van der Waals surface area contributed by atoms with E-state index in [1.807, 2.05) is 11.8 Å². The lowest BCUT2D eigenvalue weighted by molar-refractivity contribution is 0.262. The molecule has 0 spiro atoms. The minimum atomic E-state index is 0.313. The summed E-state index contributed by atoms with van der Waals surface area (Å²) in [5.74, 6) is 2.09. The zero-order valence-electron chi connectivity index (χ0n) is 9.94. The van der Waals surface area contributed by atoms with E-state index in [1.165, 1.54) is 0 Å². The Balaban J connectivity index is 3.89. The van der Waals surface area contributed by atoms with Crippen molar-refractivity contribution in [2.75, 3.05) is 31.6 Å². The van der Waals surface area contributed by atoms with Gasteiger partial charge in [-0.15, -0.1) is 0 Å². The molecule has 0 aliphatic heterocycles. The molecule has 4 nitrogen and oxygen atoms in total. The van der Waals surface area contributed by atoms with Gasteiger partial charge in [-0.1, -0.05) is 19.0 Å². The molecule has 0 unspecified atom stereocenters. The zero-order chi connectivity index (χ0) is 11.7. The van der Waals surface area contributed by atoms with E-state index in [2.05, 4.69) is 30.2 Å². The van der Waals surface area contributed by atoms with Gasteiger partial charge in [0, 0.05) is 31.8 Å². The number of hydrogen-bond acceptors (Lipinski definition) is 4. The van der Waals surface area contributed by atoms with Crippen LogP contribution in [0.15, 0.2) is 5.16 Å². The predicted octanol–water partition coefficient (Wildman–Crippen LogP) is 1.44. The summed E-state index contributed by atoms with van der Waals surface area (Å²) in [5.41, 5.74) is 5.45. The largest absolute Gasteiger partial charge is 0.409 e. The van der Waals surface area contributed by atoms with Crippen LogP contribution < -0.4 is 5.73 Å². The number of hydrogen-bond donors (Lipinski definition) is 2. The molecule has 0 fully saturated rings. The third-order valence-corrected chi connectivity index (χ3v) is 2.64. The highest BCUT2D eigenvalue weighted by atomic mass is 32.2. The first-order valence-corrected chi connectivity index (χ1v) is 6.67. The number of rotatable bonds is 8. The quantitative estimate of drug-likeness (QED) is 0.288. The van der Waals surface area contributed by atoms with E-state index in [1.54, 1.807) is 0 Å². The van der Waals surface area contributed by atoms with Crippen LogP contribution in [0, 0.1) is 5.92 Å². The van der Waals surface area contributed by atoms with Crippen LogP contribution in [0.5, 0.6) is 0 Å². The fraction of sp³-hybridized carbons (Fsp3) is 0.900. The van der Waals surface area contributed by atoms with Gasteiger partial charge in [0.15, 0.2) is 0 Å². The first-order chi connectivity index (χ1) is 7.10. The van der Waals surface area contributed by atoms with E-state index >= 15 is 0 Å². The second kappa shape index (κ2) is 8.85. The van der Waals surface area contributed by atoms with Crippen molar-refractivity contribution >= 4 is 17.6 Å². The van der Waals surface area contributed by atoms with Crippen LogP contribution in [0.25, 0.3) is 0 Å².